The number of carboxylic acid groups (broad SMARTS) is 1. The molecule has 1 fully saturated rings. The molecule has 0 radical (unpaired) electrons. The molecule has 0 spiro atoms. The topological polar surface area (TPSA) is 63.3 Å². The predicted octanol–water partition coefficient (Wildman–Crippen LogP) is 1.64. The summed E-state index contributed by atoms with van der Waals surface area (Å²) in [5, 5.41) is 9.14. The molecule has 1 aromatic rings. The fourth-order valence-corrected chi connectivity index (χ4v) is 2.81. The van der Waals surface area contributed by atoms with Gasteiger partial charge in [-0.1, -0.05) is 24.3 Å². The molecular weight excluding hydrogens is 222 g/mol. The van der Waals surface area contributed by atoms with E-state index in [4.69, 9.17) is 10.8 Å². The van der Waals surface area contributed by atoms with Gasteiger partial charge in [0.15, 0.2) is 0 Å². The van der Waals surface area contributed by atoms with Gasteiger partial charge in [-0.3, -0.25) is 4.79 Å². The molecule has 0 saturated carbocycles. The molecule has 0 amide bonds. The molecule has 2 rings (SSSR count). The van der Waals surface area contributed by atoms with Crippen LogP contribution in [0.15, 0.2) is 24.3 Å². The highest BCUT2D eigenvalue weighted by Gasteiger charge is 2.27. The lowest BCUT2D eigenvalue weighted by atomic mass is 9.88. The van der Waals surface area contributed by atoms with Crippen molar-refractivity contribution in [1.82, 2.24) is 0 Å². The number of rotatable bonds is 4. The van der Waals surface area contributed by atoms with Gasteiger partial charge in [0.1, 0.15) is 0 Å². The molecule has 3 N–H and O–H groups in total. The second kappa shape index (κ2) is 4.89. The maximum absolute atomic E-state index is 11.1. The van der Waals surface area contributed by atoms with Crippen molar-refractivity contribution in [2.75, 3.05) is 18.1 Å². The molecule has 1 aliphatic rings. The Hall–Kier alpha value is -1.00. The van der Waals surface area contributed by atoms with Gasteiger partial charge in [-0.25, -0.2) is 0 Å². The first-order valence-corrected chi connectivity index (χ1v) is 6.49. The SMILES string of the molecule is NCC(C(=O)O)c1ccccc1C1CSC1. The van der Waals surface area contributed by atoms with E-state index in [9.17, 15) is 4.79 Å². The zero-order chi connectivity index (χ0) is 11.5. The summed E-state index contributed by atoms with van der Waals surface area (Å²) in [6, 6.07) is 7.78. The molecule has 1 unspecified atom stereocenters. The van der Waals surface area contributed by atoms with Crippen molar-refractivity contribution in [3.05, 3.63) is 35.4 Å². The van der Waals surface area contributed by atoms with Crippen molar-refractivity contribution in [2.45, 2.75) is 11.8 Å². The first kappa shape index (κ1) is 11.5. The average molecular weight is 237 g/mol. The summed E-state index contributed by atoms with van der Waals surface area (Å²) in [7, 11) is 0. The Morgan fingerprint density at radius 3 is 2.69 bits per heavy atom. The van der Waals surface area contributed by atoms with Crippen molar-refractivity contribution in [2.24, 2.45) is 5.73 Å². The number of thioether (sulfide) groups is 1. The molecule has 0 aromatic heterocycles. The number of nitrogens with two attached hydrogens (primary N) is 1. The summed E-state index contributed by atoms with van der Waals surface area (Å²) < 4.78 is 0. The second-order valence-corrected chi connectivity index (χ2v) is 5.06. The molecule has 3 nitrogen and oxygen atoms in total. The van der Waals surface area contributed by atoms with Crippen molar-refractivity contribution < 1.29 is 9.90 Å². The Bertz CT molecular complexity index is 390. The van der Waals surface area contributed by atoms with Crippen LogP contribution in [0.4, 0.5) is 0 Å². The Balaban J connectivity index is 2.34. The first-order chi connectivity index (χ1) is 7.74. The highest BCUT2D eigenvalue weighted by atomic mass is 32.2. The summed E-state index contributed by atoms with van der Waals surface area (Å²) in [6.45, 7) is 0.159. The third-order valence-corrected chi connectivity index (χ3v) is 4.26. The maximum Gasteiger partial charge on any atom is 0.312 e. The molecule has 1 atom stereocenters. The summed E-state index contributed by atoms with van der Waals surface area (Å²) in [5.74, 6) is 1.29. The van der Waals surface area contributed by atoms with Gasteiger partial charge in [-0.2, -0.15) is 11.8 Å². The Kier molecular flexibility index (Phi) is 3.51. The second-order valence-electron chi connectivity index (χ2n) is 3.99. The summed E-state index contributed by atoms with van der Waals surface area (Å²) in [5.41, 5.74) is 7.61. The Labute approximate surface area is 99.0 Å². The largest absolute Gasteiger partial charge is 0.481 e. The minimum Gasteiger partial charge on any atom is -0.481 e. The van der Waals surface area contributed by atoms with Gasteiger partial charge in [0.25, 0.3) is 0 Å². The van der Waals surface area contributed by atoms with Crippen LogP contribution in [0.1, 0.15) is 23.0 Å². The highest BCUT2D eigenvalue weighted by Crippen LogP contribution is 2.37. The van der Waals surface area contributed by atoms with Crippen LogP contribution in [-0.2, 0) is 4.79 Å². The number of hydrogen-bond donors (Lipinski definition) is 2. The van der Waals surface area contributed by atoms with E-state index in [0.717, 1.165) is 17.1 Å². The van der Waals surface area contributed by atoms with Crippen LogP contribution in [0.25, 0.3) is 0 Å². The molecule has 1 aliphatic heterocycles. The molecule has 1 heterocycles. The summed E-state index contributed by atoms with van der Waals surface area (Å²) in [6.07, 6.45) is 0. The van der Waals surface area contributed by atoms with Crippen LogP contribution in [0, 0.1) is 0 Å². The number of carbonyl (C=O) groups is 1. The molecule has 0 bridgehead atoms. The molecule has 86 valence electrons. The van der Waals surface area contributed by atoms with E-state index in [-0.39, 0.29) is 6.54 Å². The van der Waals surface area contributed by atoms with Crippen LogP contribution in [0.5, 0.6) is 0 Å². The quantitative estimate of drug-likeness (QED) is 0.835. The van der Waals surface area contributed by atoms with Crippen LogP contribution < -0.4 is 5.73 Å². The fraction of sp³-hybridized carbons (Fsp3) is 0.417. The lowest BCUT2D eigenvalue weighted by Gasteiger charge is -2.28. The van der Waals surface area contributed by atoms with Crippen LogP contribution >= 0.6 is 11.8 Å². The van der Waals surface area contributed by atoms with Crippen LogP contribution in [0.3, 0.4) is 0 Å². The van der Waals surface area contributed by atoms with Gasteiger partial charge >= 0.3 is 5.97 Å². The normalized spacial score (nSPS) is 17.8. The zero-order valence-electron chi connectivity index (χ0n) is 8.93. The Morgan fingerprint density at radius 1 is 1.50 bits per heavy atom. The van der Waals surface area contributed by atoms with Crippen molar-refractivity contribution in [3.63, 3.8) is 0 Å². The maximum atomic E-state index is 11.1. The number of carboxylic acids is 1. The van der Waals surface area contributed by atoms with Gasteiger partial charge in [0.2, 0.25) is 0 Å². The number of benzene rings is 1. The fourth-order valence-electron chi connectivity index (χ4n) is 1.98. The standard InChI is InChI=1S/C12H15NO2S/c13-5-11(12(14)15)10-4-2-1-3-9(10)8-6-16-7-8/h1-4,8,11H,5-7,13H2,(H,14,15). The molecule has 1 saturated heterocycles. The highest BCUT2D eigenvalue weighted by molar-refractivity contribution is 8.00. The molecular formula is C12H15NO2S. The van der Waals surface area contributed by atoms with Crippen LogP contribution in [-0.4, -0.2) is 29.1 Å². The van der Waals surface area contributed by atoms with Crippen molar-refractivity contribution >= 4 is 17.7 Å². The zero-order valence-corrected chi connectivity index (χ0v) is 9.74. The van der Waals surface area contributed by atoms with E-state index in [0.29, 0.717) is 5.92 Å². The van der Waals surface area contributed by atoms with Gasteiger partial charge in [0.05, 0.1) is 5.92 Å². The van der Waals surface area contributed by atoms with E-state index in [1.807, 2.05) is 36.0 Å². The lowest BCUT2D eigenvalue weighted by Crippen LogP contribution is -2.25. The smallest absolute Gasteiger partial charge is 0.312 e. The minimum absolute atomic E-state index is 0.159. The van der Waals surface area contributed by atoms with Gasteiger partial charge < -0.3 is 10.8 Å². The number of hydrogen-bond acceptors (Lipinski definition) is 3. The molecule has 16 heavy (non-hydrogen) atoms. The number of aliphatic carboxylic acids is 1. The average Bonchev–Trinajstić information content (AvgIpc) is 2.18. The molecule has 4 heteroatoms. The van der Waals surface area contributed by atoms with E-state index in [1.165, 1.54) is 5.56 Å². The van der Waals surface area contributed by atoms with Crippen molar-refractivity contribution in [1.29, 1.82) is 0 Å². The molecule has 1 aromatic carbocycles. The Morgan fingerprint density at radius 2 is 2.19 bits per heavy atom. The van der Waals surface area contributed by atoms with Crippen molar-refractivity contribution in [3.8, 4) is 0 Å². The predicted molar refractivity (Wildman–Crippen MR) is 65.9 cm³/mol. The first-order valence-electron chi connectivity index (χ1n) is 5.33. The van der Waals surface area contributed by atoms with Crippen LogP contribution in [0.2, 0.25) is 0 Å². The van der Waals surface area contributed by atoms with Gasteiger partial charge in [-0.15, -0.1) is 0 Å². The van der Waals surface area contributed by atoms with E-state index in [2.05, 4.69) is 0 Å². The van der Waals surface area contributed by atoms with E-state index < -0.39 is 11.9 Å². The third kappa shape index (κ3) is 2.08. The third-order valence-electron chi connectivity index (χ3n) is 2.98. The lowest BCUT2D eigenvalue weighted by molar-refractivity contribution is -0.138. The van der Waals surface area contributed by atoms with Gasteiger partial charge in [-0.05, 0) is 11.1 Å². The minimum atomic E-state index is -0.832. The van der Waals surface area contributed by atoms with Gasteiger partial charge in [0, 0.05) is 24.0 Å². The summed E-state index contributed by atoms with van der Waals surface area (Å²) in [4.78, 5) is 11.1. The summed E-state index contributed by atoms with van der Waals surface area (Å²) >= 11 is 1.90. The monoisotopic (exact) mass is 237 g/mol. The van der Waals surface area contributed by atoms with E-state index >= 15 is 0 Å². The van der Waals surface area contributed by atoms with E-state index in [1.54, 1.807) is 0 Å². The molecule has 0 aliphatic carbocycles.